The zero-order valence-corrected chi connectivity index (χ0v) is 20.0. The highest BCUT2D eigenvalue weighted by molar-refractivity contribution is 5.85. The largest absolute Gasteiger partial charge is 0.493 e. The molecule has 1 heterocycles. The van der Waals surface area contributed by atoms with E-state index < -0.39 is 61.3 Å². The highest BCUT2D eigenvalue weighted by atomic mass is 16.7. The van der Waals surface area contributed by atoms with Crippen LogP contribution in [0.4, 0.5) is 0 Å². The van der Waals surface area contributed by atoms with Gasteiger partial charge in [-0.3, -0.25) is 4.79 Å². The number of rotatable bonds is 11. The van der Waals surface area contributed by atoms with Crippen LogP contribution in [0.3, 0.4) is 0 Å². The van der Waals surface area contributed by atoms with Crippen LogP contribution in [0.15, 0.2) is 48.5 Å². The molecule has 2 aromatic carbocycles. The van der Waals surface area contributed by atoms with E-state index in [0.29, 0.717) is 11.1 Å². The van der Waals surface area contributed by atoms with Crippen LogP contribution >= 0.6 is 0 Å². The number of aliphatic carboxylic acids is 1. The van der Waals surface area contributed by atoms with Crippen LogP contribution in [0.25, 0.3) is 0 Å². The first-order chi connectivity index (χ1) is 17.6. The molecule has 0 aromatic heterocycles. The quantitative estimate of drug-likeness (QED) is 0.205. The molecule has 0 radical (unpaired) electrons. The number of aliphatic hydroxyl groups is 5. The van der Waals surface area contributed by atoms with Crippen LogP contribution in [-0.4, -0.2) is 92.6 Å². The van der Waals surface area contributed by atoms with Gasteiger partial charge in [0.05, 0.1) is 20.1 Å². The molecule has 202 valence electrons. The molecule has 0 amide bonds. The van der Waals surface area contributed by atoms with Crippen molar-refractivity contribution in [3.63, 3.8) is 0 Å². The Kier molecular flexibility index (Phi) is 9.43. The third kappa shape index (κ3) is 6.95. The van der Waals surface area contributed by atoms with Crippen LogP contribution in [-0.2, 0) is 32.1 Å². The number of methoxy groups -OCH3 is 1. The topological polar surface area (TPSA) is 192 Å². The van der Waals surface area contributed by atoms with Gasteiger partial charge in [-0.25, -0.2) is 4.79 Å². The number of carboxylic acids is 1. The van der Waals surface area contributed by atoms with E-state index in [1.807, 2.05) is 0 Å². The molecule has 0 saturated carbocycles. The van der Waals surface area contributed by atoms with E-state index in [0.717, 1.165) is 0 Å². The SMILES string of the molecule is COc1cc(COC(=O)C(O)(CC(=O)O)Cc2ccccc2)ccc1OC1OC(CO)C(O)C(O)C1O. The van der Waals surface area contributed by atoms with Gasteiger partial charge in [-0.15, -0.1) is 0 Å². The standard InChI is InChI=1S/C25H30O12/c1-34-17-9-15(7-8-16(17)36-23-22(31)21(30)20(29)18(12-26)37-23)13-35-24(32)25(33,11-19(27)28)10-14-5-3-2-4-6-14/h2-9,18,20-23,26,29-31,33H,10-13H2,1H3,(H,27,28). The maximum absolute atomic E-state index is 12.7. The third-order valence-electron chi connectivity index (χ3n) is 5.85. The second kappa shape index (κ2) is 12.3. The molecule has 0 spiro atoms. The van der Waals surface area contributed by atoms with Gasteiger partial charge in [0.25, 0.3) is 0 Å². The van der Waals surface area contributed by atoms with Gasteiger partial charge in [0.1, 0.15) is 31.0 Å². The van der Waals surface area contributed by atoms with Crippen molar-refractivity contribution in [3.8, 4) is 11.5 Å². The van der Waals surface area contributed by atoms with Crippen LogP contribution < -0.4 is 9.47 Å². The molecule has 12 nitrogen and oxygen atoms in total. The second-order valence-electron chi connectivity index (χ2n) is 8.64. The summed E-state index contributed by atoms with van der Waals surface area (Å²) in [4.78, 5) is 24.0. The van der Waals surface area contributed by atoms with Gasteiger partial charge >= 0.3 is 11.9 Å². The Morgan fingerprint density at radius 3 is 2.30 bits per heavy atom. The maximum Gasteiger partial charge on any atom is 0.339 e. The van der Waals surface area contributed by atoms with E-state index in [1.54, 1.807) is 30.3 Å². The molecule has 0 aliphatic carbocycles. The number of esters is 1. The number of carbonyl (C=O) groups excluding carboxylic acids is 1. The molecular formula is C25H30O12. The lowest BCUT2D eigenvalue weighted by molar-refractivity contribution is -0.277. The van der Waals surface area contributed by atoms with E-state index in [4.69, 9.17) is 18.9 Å². The van der Waals surface area contributed by atoms with Gasteiger partial charge in [-0.05, 0) is 23.3 Å². The van der Waals surface area contributed by atoms with Gasteiger partial charge in [0.15, 0.2) is 17.1 Å². The summed E-state index contributed by atoms with van der Waals surface area (Å²) in [5.41, 5.74) is -1.33. The first-order valence-electron chi connectivity index (χ1n) is 11.4. The molecule has 1 saturated heterocycles. The summed E-state index contributed by atoms with van der Waals surface area (Å²) < 4.78 is 21.4. The predicted octanol–water partition coefficient (Wildman–Crippen LogP) is -0.634. The Bertz CT molecular complexity index is 1060. The average Bonchev–Trinajstić information content (AvgIpc) is 2.88. The lowest BCUT2D eigenvalue weighted by Crippen LogP contribution is -2.60. The fraction of sp³-hybridized carbons (Fsp3) is 0.440. The first kappa shape index (κ1) is 28.3. The van der Waals surface area contributed by atoms with E-state index in [2.05, 4.69) is 0 Å². The number of carboxylic acid groups (broad SMARTS) is 1. The van der Waals surface area contributed by atoms with Crippen molar-refractivity contribution in [2.45, 2.75) is 55.8 Å². The fourth-order valence-corrected chi connectivity index (χ4v) is 3.86. The first-order valence-corrected chi connectivity index (χ1v) is 11.4. The van der Waals surface area contributed by atoms with Gasteiger partial charge in [-0.2, -0.15) is 0 Å². The fourth-order valence-electron chi connectivity index (χ4n) is 3.86. The van der Waals surface area contributed by atoms with Crippen molar-refractivity contribution >= 4 is 11.9 Å². The number of carbonyl (C=O) groups is 2. The number of benzene rings is 2. The Labute approximate surface area is 212 Å². The zero-order valence-electron chi connectivity index (χ0n) is 20.0. The van der Waals surface area contributed by atoms with Crippen molar-refractivity contribution in [2.75, 3.05) is 13.7 Å². The normalized spacial score (nSPS) is 25.1. The summed E-state index contributed by atoms with van der Waals surface area (Å²) in [6, 6.07) is 12.8. The predicted molar refractivity (Wildman–Crippen MR) is 125 cm³/mol. The van der Waals surface area contributed by atoms with Crippen molar-refractivity contribution in [1.29, 1.82) is 0 Å². The lowest BCUT2D eigenvalue weighted by atomic mass is 9.91. The maximum atomic E-state index is 12.7. The summed E-state index contributed by atoms with van der Waals surface area (Å²) in [7, 11) is 1.33. The molecule has 6 unspecified atom stereocenters. The number of aliphatic hydroxyl groups excluding tert-OH is 4. The Hall–Kier alpha value is -3.26. The van der Waals surface area contributed by atoms with E-state index in [9.17, 15) is 40.2 Å². The average molecular weight is 523 g/mol. The molecule has 6 atom stereocenters. The van der Waals surface area contributed by atoms with E-state index >= 15 is 0 Å². The monoisotopic (exact) mass is 522 g/mol. The van der Waals surface area contributed by atoms with Crippen LogP contribution in [0, 0.1) is 0 Å². The van der Waals surface area contributed by atoms with E-state index in [1.165, 1.54) is 25.3 Å². The van der Waals surface area contributed by atoms with Crippen molar-refractivity contribution in [1.82, 2.24) is 0 Å². The third-order valence-corrected chi connectivity index (χ3v) is 5.85. The molecule has 0 bridgehead atoms. The van der Waals surface area contributed by atoms with Crippen LogP contribution in [0.5, 0.6) is 11.5 Å². The minimum atomic E-state index is -2.29. The molecule has 2 aromatic rings. The number of hydrogen-bond donors (Lipinski definition) is 6. The zero-order chi connectivity index (χ0) is 27.2. The Balaban J connectivity index is 1.70. The van der Waals surface area contributed by atoms with Crippen molar-refractivity contribution < 1.29 is 59.2 Å². The lowest BCUT2D eigenvalue weighted by Gasteiger charge is -2.39. The number of ether oxygens (including phenoxy) is 4. The summed E-state index contributed by atoms with van der Waals surface area (Å²) in [6.45, 7) is -0.947. The van der Waals surface area contributed by atoms with E-state index in [-0.39, 0.29) is 24.5 Å². The molecule has 1 aliphatic rings. The highest BCUT2D eigenvalue weighted by Crippen LogP contribution is 2.32. The van der Waals surface area contributed by atoms with Crippen LogP contribution in [0.1, 0.15) is 17.5 Å². The van der Waals surface area contributed by atoms with Gasteiger partial charge in [0, 0.05) is 6.42 Å². The van der Waals surface area contributed by atoms with Gasteiger partial charge in [0.2, 0.25) is 6.29 Å². The smallest absolute Gasteiger partial charge is 0.339 e. The molecule has 3 rings (SSSR count). The molecule has 12 heteroatoms. The summed E-state index contributed by atoms with van der Waals surface area (Å²) in [6.07, 6.45) is -8.49. The minimum absolute atomic E-state index is 0.0772. The summed E-state index contributed by atoms with van der Waals surface area (Å²) >= 11 is 0. The van der Waals surface area contributed by atoms with Crippen LogP contribution in [0.2, 0.25) is 0 Å². The van der Waals surface area contributed by atoms with Crippen molar-refractivity contribution in [3.05, 3.63) is 59.7 Å². The summed E-state index contributed by atoms with van der Waals surface area (Å²) in [5.74, 6) is -2.27. The molecule has 1 fully saturated rings. The summed E-state index contributed by atoms with van der Waals surface area (Å²) in [5, 5.41) is 59.4. The molecular weight excluding hydrogens is 492 g/mol. The molecule has 1 aliphatic heterocycles. The van der Waals surface area contributed by atoms with Gasteiger partial charge in [-0.1, -0.05) is 36.4 Å². The van der Waals surface area contributed by atoms with Gasteiger partial charge < -0.3 is 49.6 Å². The molecule has 37 heavy (non-hydrogen) atoms. The molecule has 6 N–H and O–H groups in total. The minimum Gasteiger partial charge on any atom is -0.493 e. The van der Waals surface area contributed by atoms with Crippen molar-refractivity contribution in [2.24, 2.45) is 0 Å². The number of hydrogen-bond acceptors (Lipinski definition) is 11. The Morgan fingerprint density at radius 2 is 1.68 bits per heavy atom. The highest BCUT2D eigenvalue weighted by Gasteiger charge is 2.45. The second-order valence-corrected chi connectivity index (χ2v) is 8.64. The Morgan fingerprint density at radius 1 is 0.973 bits per heavy atom.